The van der Waals surface area contributed by atoms with E-state index in [1.54, 1.807) is 30.3 Å². The van der Waals surface area contributed by atoms with E-state index in [9.17, 15) is 24.0 Å². The molecule has 2 atom stereocenters. The van der Waals surface area contributed by atoms with Crippen LogP contribution in [0.4, 0.5) is 10.1 Å². The maximum Gasteiger partial charge on any atom is 0.254 e. The third-order valence-corrected chi connectivity index (χ3v) is 6.36. The van der Waals surface area contributed by atoms with Gasteiger partial charge in [-0.05, 0) is 42.5 Å². The molecule has 1 aliphatic rings. The molecule has 7 nitrogen and oxygen atoms in total. The Bertz CT molecular complexity index is 1350. The van der Waals surface area contributed by atoms with Gasteiger partial charge in [0, 0.05) is 30.2 Å². The van der Waals surface area contributed by atoms with E-state index in [1.165, 1.54) is 29.0 Å². The highest BCUT2D eigenvalue weighted by molar-refractivity contribution is 6.08. The molecule has 3 amide bonds. The molecule has 1 saturated heterocycles. The van der Waals surface area contributed by atoms with Crippen LogP contribution in [0.15, 0.2) is 60.7 Å². The molecule has 4 rings (SSSR count). The number of halogens is 1. The topological polar surface area (TPSA) is 93.5 Å². The van der Waals surface area contributed by atoms with Gasteiger partial charge in [0.2, 0.25) is 11.8 Å². The third-order valence-electron chi connectivity index (χ3n) is 6.36. The van der Waals surface area contributed by atoms with Crippen LogP contribution >= 0.6 is 0 Å². The van der Waals surface area contributed by atoms with Crippen molar-refractivity contribution < 1.29 is 18.8 Å². The first-order valence-corrected chi connectivity index (χ1v) is 11.3. The molecule has 0 radical (unpaired) electrons. The molecule has 1 aliphatic heterocycles. The van der Waals surface area contributed by atoms with Crippen LogP contribution in [0.3, 0.4) is 0 Å². The fraction of sp³-hybridized carbons (Fsp3) is 0.259. The molecule has 3 aromatic rings. The van der Waals surface area contributed by atoms with Gasteiger partial charge in [-0.2, -0.15) is 5.26 Å². The number of aryl methyl sites for hydroxylation is 1. The zero-order valence-corrected chi connectivity index (χ0v) is 19.5. The summed E-state index contributed by atoms with van der Waals surface area (Å²) in [5, 5.41) is 13.3. The average molecular weight is 473 g/mol. The molecule has 2 unspecified atom stereocenters. The largest absolute Gasteiger partial charge is 0.332 e. The van der Waals surface area contributed by atoms with Crippen molar-refractivity contribution in [3.05, 3.63) is 77.6 Å². The minimum atomic E-state index is -0.759. The number of likely N-dealkylation sites (N-methyl/N-ethyl adjacent to an activating group) is 1. The molecule has 0 aliphatic carbocycles. The van der Waals surface area contributed by atoms with Crippen molar-refractivity contribution in [3.8, 4) is 6.07 Å². The number of para-hydroxylation sites is 1. The minimum absolute atomic E-state index is 0.0935. The molecule has 3 aromatic carbocycles. The van der Waals surface area contributed by atoms with Crippen molar-refractivity contribution in [2.24, 2.45) is 5.92 Å². The monoisotopic (exact) mass is 472 g/mol. The van der Waals surface area contributed by atoms with Crippen molar-refractivity contribution in [2.75, 3.05) is 25.5 Å². The van der Waals surface area contributed by atoms with Crippen LogP contribution in [0.5, 0.6) is 0 Å². The number of nitrogens with zero attached hydrogens (tertiary/aromatic N) is 3. The minimum Gasteiger partial charge on any atom is -0.332 e. The molecular weight excluding hydrogens is 447 g/mol. The molecule has 35 heavy (non-hydrogen) atoms. The molecule has 8 heteroatoms. The number of fused-ring (bicyclic) bond motifs is 1. The van der Waals surface area contributed by atoms with Crippen molar-refractivity contribution >= 4 is 34.2 Å². The summed E-state index contributed by atoms with van der Waals surface area (Å²) < 4.78 is 14.1. The van der Waals surface area contributed by atoms with Crippen LogP contribution in [0, 0.1) is 30.0 Å². The maximum atomic E-state index is 14.1. The highest BCUT2D eigenvalue weighted by Crippen LogP contribution is 2.26. The first-order chi connectivity index (χ1) is 16.8. The maximum absolute atomic E-state index is 14.1. The van der Waals surface area contributed by atoms with E-state index >= 15 is 0 Å². The van der Waals surface area contributed by atoms with Gasteiger partial charge in [-0.15, -0.1) is 0 Å². The molecule has 178 valence electrons. The van der Waals surface area contributed by atoms with E-state index < -0.39 is 29.6 Å². The van der Waals surface area contributed by atoms with E-state index in [2.05, 4.69) is 11.4 Å². The Morgan fingerprint density at radius 3 is 2.49 bits per heavy atom. The SMILES string of the molecule is Cc1ccccc1NC(=O)C1CC(C#N)N(C(=O)CN(C)C(=O)c2ccc(F)c3ccccc23)C1. The summed E-state index contributed by atoms with van der Waals surface area (Å²) in [4.78, 5) is 41.5. The van der Waals surface area contributed by atoms with Gasteiger partial charge in [0.1, 0.15) is 11.9 Å². The lowest BCUT2D eigenvalue weighted by Crippen LogP contribution is -2.43. The van der Waals surface area contributed by atoms with Crippen molar-refractivity contribution in [3.63, 3.8) is 0 Å². The Morgan fingerprint density at radius 2 is 1.77 bits per heavy atom. The third kappa shape index (κ3) is 4.85. The number of hydrogen-bond acceptors (Lipinski definition) is 4. The van der Waals surface area contributed by atoms with Gasteiger partial charge in [0.15, 0.2) is 0 Å². The van der Waals surface area contributed by atoms with Crippen LogP contribution in [-0.4, -0.2) is 53.7 Å². The van der Waals surface area contributed by atoms with Gasteiger partial charge in [-0.1, -0.05) is 42.5 Å². The van der Waals surface area contributed by atoms with Crippen LogP contribution < -0.4 is 5.32 Å². The van der Waals surface area contributed by atoms with E-state index in [-0.39, 0.29) is 31.0 Å². The Hall–Kier alpha value is -4.25. The summed E-state index contributed by atoms with van der Waals surface area (Å²) in [6.07, 6.45) is 0.222. The second-order valence-corrected chi connectivity index (χ2v) is 8.73. The number of carbonyl (C=O) groups excluding carboxylic acids is 3. The van der Waals surface area contributed by atoms with Gasteiger partial charge in [-0.25, -0.2) is 4.39 Å². The van der Waals surface area contributed by atoms with Crippen LogP contribution in [0.2, 0.25) is 0 Å². The van der Waals surface area contributed by atoms with Crippen LogP contribution in [0.1, 0.15) is 22.3 Å². The summed E-state index contributed by atoms with van der Waals surface area (Å²) in [5.41, 5.74) is 1.88. The molecule has 1 fully saturated rings. The Morgan fingerprint density at radius 1 is 1.09 bits per heavy atom. The number of amides is 3. The highest BCUT2D eigenvalue weighted by atomic mass is 19.1. The molecule has 0 saturated carbocycles. The fourth-order valence-electron chi connectivity index (χ4n) is 4.39. The summed E-state index contributed by atoms with van der Waals surface area (Å²) in [7, 11) is 1.48. The van der Waals surface area contributed by atoms with Gasteiger partial charge >= 0.3 is 0 Å². The van der Waals surface area contributed by atoms with Crippen LogP contribution in [-0.2, 0) is 9.59 Å². The number of nitriles is 1. The van der Waals surface area contributed by atoms with Crippen LogP contribution in [0.25, 0.3) is 10.8 Å². The summed E-state index contributed by atoms with van der Waals surface area (Å²) >= 11 is 0. The number of rotatable bonds is 5. The van der Waals surface area contributed by atoms with Crippen molar-refractivity contribution in [1.29, 1.82) is 5.26 Å². The first kappa shape index (κ1) is 23.9. The fourth-order valence-corrected chi connectivity index (χ4v) is 4.39. The number of anilines is 1. The summed E-state index contributed by atoms with van der Waals surface area (Å²) in [5.74, 6) is -2.08. The van der Waals surface area contributed by atoms with Gasteiger partial charge in [-0.3, -0.25) is 14.4 Å². The smallest absolute Gasteiger partial charge is 0.254 e. The predicted molar refractivity (Wildman–Crippen MR) is 130 cm³/mol. The van der Waals surface area contributed by atoms with E-state index in [0.29, 0.717) is 16.5 Å². The zero-order valence-electron chi connectivity index (χ0n) is 19.5. The number of likely N-dealkylation sites (tertiary alicyclic amines) is 1. The van der Waals surface area contributed by atoms with Crippen molar-refractivity contribution in [2.45, 2.75) is 19.4 Å². The standard InChI is InChI=1S/C27H25FN4O3/c1-17-7-3-6-10-24(17)30-26(34)18-13-19(14-29)32(15-18)25(33)16-31(2)27(35)22-11-12-23(28)21-9-5-4-8-20(21)22/h3-12,18-19H,13,15-16H2,1-2H3,(H,30,34). The summed E-state index contributed by atoms with van der Waals surface area (Å²) in [6, 6.07) is 18.0. The Kier molecular flexibility index (Phi) is 6.78. The second kappa shape index (κ2) is 9.94. The Labute approximate surface area is 202 Å². The average Bonchev–Trinajstić information content (AvgIpc) is 3.30. The molecule has 0 aromatic heterocycles. The summed E-state index contributed by atoms with van der Waals surface area (Å²) in [6.45, 7) is 1.71. The molecular formula is C27H25FN4O3. The van der Waals surface area contributed by atoms with Crippen molar-refractivity contribution in [1.82, 2.24) is 9.80 Å². The lowest BCUT2D eigenvalue weighted by Gasteiger charge is -2.24. The van der Waals surface area contributed by atoms with Gasteiger partial charge in [0.25, 0.3) is 5.91 Å². The quantitative estimate of drug-likeness (QED) is 0.612. The number of nitrogens with one attached hydrogen (secondary N) is 1. The first-order valence-electron chi connectivity index (χ1n) is 11.3. The van der Waals surface area contributed by atoms with E-state index in [1.807, 2.05) is 25.1 Å². The predicted octanol–water partition coefficient (Wildman–Crippen LogP) is 3.74. The number of hydrogen-bond donors (Lipinski definition) is 1. The highest BCUT2D eigenvalue weighted by Gasteiger charge is 2.39. The van der Waals surface area contributed by atoms with E-state index in [0.717, 1.165) is 5.56 Å². The zero-order chi connectivity index (χ0) is 25.1. The van der Waals surface area contributed by atoms with Gasteiger partial charge < -0.3 is 15.1 Å². The van der Waals surface area contributed by atoms with E-state index in [4.69, 9.17) is 0 Å². The molecule has 1 heterocycles. The second-order valence-electron chi connectivity index (χ2n) is 8.73. The normalized spacial score (nSPS) is 17.1. The number of carbonyl (C=O) groups is 3. The van der Waals surface area contributed by atoms with Gasteiger partial charge in [0.05, 0.1) is 18.5 Å². The molecule has 1 N–H and O–H groups in total. The lowest BCUT2D eigenvalue weighted by molar-refractivity contribution is -0.131. The molecule has 0 bridgehead atoms. The number of benzene rings is 3. The lowest BCUT2D eigenvalue weighted by atomic mass is 10.0. The Balaban J connectivity index is 1.45. The molecule has 0 spiro atoms.